The monoisotopic (exact) mass is 290 g/mol. The quantitative estimate of drug-likeness (QED) is 0.873. The number of hydrogen-bond donors (Lipinski definition) is 1. The highest BCUT2D eigenvalue weighted by molar-refractivity contribution is 5.35. The van der Waals surface area contributed by atoms with E-state index in [1.165, 1.54) is 5.56 Å². The second-order valence-electron chi connectivity index (χ2n) is 6.56. The summed E-state index contributed by atoms with van der Waals surface area (Å²) >= 11 is 0. The molecule has 0 fully saturated rings. The normalized spacial score (nSPS) is 25.4. The van der Waals surface area contributed by atoms with Crippen LogP contribution in [0.2, 0.25) is 0 Å². The Morgan fingerprint density at radius 3 is 2.43 bits per heavy atom. The van der Waals surface area contributed by atoms with E-state index in [-0.39, 0.29) is 12.1 Å². The van der Waals surface area contributed by atoms with Crippen molar-refractivity contribution in [2.45, 2.75) is 44.8 Å². The highest BCUT2D eigenvalue weighted by Crippen LogP contribution is 2.39. The van der Waals surface area contributed by atoms with E-state index in [1.807, 2.05) is 6.07 Å². The first kappa shape index (κ1) is 16.5. The maximum atomic E-state index is 10.8. The summed E-state index contributed by atoms with van der Waals surface area (Å²) in [4.78, 5) is 4.68. The van der Waals surface area contributed by atoms with Crippen LogP contribution in [0.5, 0.6) is 0 Å². The summed E-state index contributed by atoms with van der Waals surface area (Å²) in [6, 6.07) is 8.64. The summed E-state index contributed by atoms with van der Waals surface area (Å²) in [5, 5.41) is 10.8. The number of aliphatic hydroxyl groups excluding tert-OH is 1. The van der Waals surface area contributed by atoms with Crippen LogP contribution in [-0.4, -0.2) is 54.7 Å². The topological polar surface area (TPSA) is 26.7 Å². The van der Waals surface area contributed by atoms with Gasteiger partial charge in [0, 0.05) is 6.04 Å². The predicted molar refractivity (Wildman–Crippen MR) is 88.6 cm³/mol. The van der Waals surface area contributed by atoms with Crippen molar-refractivity contribution in [3.8, 4) is 0 Å². The van der Waals surface area contributed by atoms with Crippen molar-refractivity contribution in [3.05, 3.63) is 35.4 Å². The maximum absolute atomic E-state index is 10.8. The van der Waals surface area contributed by atoms with Crippen LogP contribution in [0.3, 0.4) is 0 Å². The zero-order valence-electron chi connectivity index (χ0n) is 13.9. The molecule has 3 unspecified atom stereocenters. The zero-order valence-corrected chi connectivity index (χ0v) is 13.9. The first-order chi connectivity index (χ1) is 10.0. The highest BCUT2D eigenvalue weighted by atomic mass is 16.3. The van der Waals surface area contributed by atoms with E-state index in [1.54, 1.807) is 0 Å². The van der Waals surface area contributed by atoms with Crippen molar-refractivity contribution >= 4 is 0 Å². The minimum atomic E-state index is -0.350. The smallest absolute Gasteiger partial charge is 0.0948 e. The van der Waals surface area contributed by atoms with Gasteiger partial charge in [-0.3, -0.25) is 4.90 Å². The second-order valence-corrected chi connectivity index (χ2v) is 6.56. The van der Waals surface area contributed by atoms with Gasteiger partial charge in [0.1, 0.15) is 0 Å². The first-order valence-corrected chi connectivity index (χ1v) is 8.20. The number of nitrogens with zero attached hydrogens (tertiary/aromatic N) is 2. The van der Waals surface area contributed by atoms with Crippen molar-refractivity contribution in [1.82, 2.24) is 9.80 Å². The third-order valence-corrected chi connectivity index (χ3v) is 4.73. The second kappa shape index (κ2) is 7.39. The molecule has 0 heterocycles. The fourth-order valence-electron chi connectivity index (χ4n) is 3.55. The molecule has 0 aromatic heterocycles. The van der Waals surface area contributed by atoms with Crippen LogP contribution in [0.25, 0.3) is 0 Å². The lowest BCUT2D eigenvalue weighted by Crippen LogP contribution is -2.44. The summed E-state index contributed by atoms with van der Waals surface area (Å²) in [6.45, 7) is 7.65. The van der Waals surface area contributed by atoms with Gasteiger partial charge in [-0.05, 0) is 63.6 Å². The molecule has 1 aliphatic rings. The molecule has 21 heavy (non-hydrogen) atoms. The molecule has 0 radical (unpaired) electrons. The number of benzene rings is 1. The predicted octanol–water partition coefficient (Wildman–Crippen LogP) is 2.87. The van der Waals surface area contributed by atoms with Gasteiger partial charge in [0.25, 0.3) is 0 Å². The van der Waals surface area contributed by atoms with Gasteiger partial charge in [-0.15, -0.1) is 0 Å². The number of aliphatic hydroxyl groups is 1. The fourth-order valence-corrected chi connectivity index (χ4v) is 3.55. The fraction of sp³-hybridized carbons (Fsp3) is 0.667. The lowest BCUT2D eigenvalue weighted by atomic mass is 9.78. The molecule has 1 aromatic rings. The molecule has 118 valence electrons. The number of rotatable bonds is 6. The Kier molecular flexibility index (Phi) is 5.80. The van der Waals surface area contributed by atoms with Gasteiger partial charge >= 0.3 is 0 Å². The molecule has 0 amide bonds. The SMILES string of the molecule is CCN(CCCN(C)C)C1CC(C)c2ccccc2C1O. The summed E-state index contributed by atoms with van der Waals surface area (Å²) in [7, 11) is 4.23. The van der Waals surface area contributed by atoms with Gasteiger partial charge in [-0.2, -0.15) is 0 Å². The van der Waals surface area contributed by atoms with Gasteiger partial charge in [0.05, 0.1) is 6.10 Å². The first-order valence-electron chi connectivity index (χ1n) is 8.20. The number of hydrogen-bond acceptors (Lipinski definition) is 3. The Labute approximate surface area is 129 Å². The standard InChI is InChI=1S/C18H30N2O/c1-5-20(12-8-11-19(3)4)17-13-14(2)15-9-6-7-10-16(15)18(17)21/h6-7,9-10,14,17-18,21H,5,8,11-13H2,1-4H3. The third kappa shape index (κ3) is 3.85. The average molecular weight is 290 g/mol. The van der Waals surface area contributed by atoms with Gasteiger partial charge in [0.15, 0.2) is 0 Å². The van der Waals surface area contributed by atoms with E-state index in [0.717, 1.165) is 38.0 Å². The van der Waals surface area contributed by atoms with Gasteiger partial charge < -0.3 is 10.0 Å². The summed E-state index contributed by atoms with van der Waals surface area (Å²) in [5.74, 6) is 0.525. The molecule has 0 aliphatic heterocycles. The molecule has 0 bridgehead atoms. The van der Waals surface area contributed by atoms with Crippen LogP contribution in [-0.2, 0) is 0 Å². The minimum Gasteiger partial charge on any atom is -0.387 e. The van der Waals surface area contributed by atoms with Crippen molar-refractivity contribution in [3.63, 3.8) is 0 Å². The van der Waals surface area contributed by atoms with E-state index >= 15 is 0 Å². The molecule has 3 atom stereocenters. The van der Waals surface area contributed by atoms with Gasteiger partial charge in [0.2, 0.25) is 0 Å². The Morgan fingerprint density at radius 1 is 1.14 bits per heavy atom. The largest absolute Gasteiger partial charge is 0.387 e. The lowest BCUT2D eigenvalue weighted by Gasteiger charge is -2.40. The maximum Gasteiger partial charge on any atom is 0.0948 e. The number of fused-ring (bicyclic) bond motifs is 1. The van der Waals surface area contributed by atoms with Crippen molar-refractivity contribution in [2.75, 3.05) is 33.7 Å². The molecule has 1 aliphatic carbocycles. The average Bonchev–Trinajstić information content (AvgIpc) is 2.47. The van der Waals surface area contributed by atoms with E-state index in [4.69, 9.17) is 0 Å². The van der Waals surface area contributed by atoms with Crippen LogP contribution < -0.4 is 0 Å². The number of likely N-dealkylation sites (N-methyl/N-ethyl adjacent to an activating group) is 1. The van der Waals surface area contributed by atoms with Crippen molar-refractivity contribution in [1.29, 1.82) is 0 Å². The van der Waals surface area contributed by atoms with E-state index in [2.05, 4.69) is 55.9 Å². The molecule has 0 spiro atoms. The van der Waals surface area contributed by atoms with Crippen LogP contribution in [0.1, 0.15) is 49.8 Å². The molecule has 0 saturated heterocycles. The van der Waals surface area contributed by atoms with Crippen LogP contribution in [0, 0.1) is 0 Å². The molecule has 2 rings (SSSR count). The summed E-state index contributed by atoms with van der Waals surface area (Å²) in [5.41, 5.74) is 2.46. The Hall–Kier alpha value is -0.900. The zero-order chi connectivity index (χ0) is 15.4. The molecular formula is C18H30N2O. The highest BCUT2D eigenvalue weighted by Gasteiger charge is 2.34. The molecule has 3 nitrogen and oxygen atoms in total. The molecular weight excluding hydrogens is 260 g/mol. The molecule has 1 N–H and O–H groups in total. The third-order valence-electron chi connectivity index (χ3n) is 4.73. The van der Waals surface area contributed by atoms with Gasteiger partial charge in [-0.1, -0.05) is 38.1 Å². The molecule has 1 aromatic carbocycles. The Morgan fingerprint density at radius 2 is 1.81 bits per heavy atom. The molecule has 0 saturated carbocycles. The minimum absolute atomic E-state index is 0.252. The van der Waals surface area contributed by atoms with Crippen LogP contribution in [0.15, 0.2) is 24.3 Å². The van der Waals surface area contributed by atoms with Crippen molar-refractivity contribution < 1.29 is 5.11 Å². The Balaban J connectivity index is 2.09. The van der Waals surface area contributed by atoms with Gasteiger partial charge in [-0.25, -0.2) is 0 Å². The summed E-state index contributed by atoms with van der Waals surface area (Å²) < 4.78 is 0. The van der Waals surface area contributed by atoms with E-state index < -0.39 is 0 Å². The van der Waals surface area contributed by atoms with Crippen LogP contribution >= 0.6 is 0 Å². The Bertz CT molecular complexity index is 447. The van der Waals surface area contributed by atoms with Crippen LogP contribution in [0.4, 0.5) is 0 Å². The summed E-state index contributed by atoms with van der Waals surface area (Å²) in [6.07, 6.45) is 1.85. The molecule has 3 heteroatoms. The lowest BCUT2D eigenvalue weighted by molar-refractivity contribution is 0.0322. The van der Waals surface area contributed by atoms with E-state index in [0.29, 0.717) is 5.92 Å². The van der Waals surface area contributed by atoms with Crippen molar-refractivity contribution in [2.24, 2.45) is 0 Å². The van der Waals surface area contributed by atoms with E-state index in [9.17, 15) is 5.11 Å².